The van der Waals surface area contributed by atoms with Crippen LogP contribution in [-0.2, 0) is 12.4 Å². The summed E-state index contributed by atoms with van der Waals surface area (Å²) in [5, 5.41) is 1.88. The zero-order valence-electron chi connectivity index (χ0n) is 9.15. The molecule has 0 N–H and O–H groups in total. The van der Waals surface area contributed by atoms with Crippen LogP contribution in [0.2, 0.25) is 0 Å². The van der Waals surface area contributed by atoms with Gasteiger partial charge in [-0.25, -0.2) is 0 Å². The monoisotopic (exact) mass is 364 g/mol. The van der Waals surface area contributed by atoms with Gasteiger partial charge in [-0.1, -0.05) is 33.8 Å². The van der Waals surface area contributed by atoms with Crippen LogP contribution in [0.5, 0.6) is 0 Å². The van der Waals surface area contributed by atoms with Gasteiger partial charge in [-0.15, -0.1) is 0 Å². The highest BCUT2D eigenvalue weighted by atomic mass is 79.9. The number of alkyl halides is 7. The third-order valence-corrected chi connectivity index (χ3v) is 3.16. The maximum atomic E-state index is 12.5. The number of rotatable bonds is 3. The van der Waals surface area contributed by atoms with Crippen molar-refractivity contribution in [3.8, 4) is 0 Å². The lowest BCUT2D eigenvalue weighted by atomic mass is 10.1. The summed E-state index contributed by atoms with van der Waals surface area (Å²) in [4.78, 5) is -0.112. The molecule has 8 heteroatoms. The summed E-state index contributed by atoms with van der Waals surface area (Å²) in [6.45, 7) is 0. The highest BCUT2D eigenvalue weighted by Crippen LogP contribution is 2.38. The summed E-state index contributed by atoms with van der Waals surface area (Å²) < 4.78 is 75.1. The van der Waals surface area contributed by atoms with Crippen LogP contribution in [0.25, 0.3) is 0 Å². The Morgan fingerprint density at radius 3 is 1.79 bits per heavy atom. The Labute approximate surface area is 118 Å². The molecule has 1 rings (SSSR count). The minimum Gasteiger partial charge on any atom is -0.166 e. The number of hydrogen-bond donors (Lipinski definition) is 0. The van der Waals surface area contributed by atoms with E-state index in [1.54, 1.807) is 6.08 Å². The van der Waals surface area contributed by atoms with Crippen molar-refractivity contribution in [2.75, 3.05) is 5.33 Å². The van der Waals surface area contributed by atoms with E-state index in [9.17, 15) is 26.3 Å². The largest absolute Gasteiger partial charge is 0.416 e. The number of thioether (sulfide) groups is 1. The van der Waals surface area contributed by atoms with Crippen molar-refractivity contribution in [3.05, 3.63) is 40.8 Å². The second kappa shape index (κ2) is 6.21. The molecule has 0 unspecified atom stereocenters. The molecule has 1 aromatic carbocycles. The summed E-state index contributed by atoms with van der Waals surface area (Å²) in [5.74, 6) is 0. The minimum absolute atomic E-state index is 0.109. The van der Waals surface area contributed by atoms with Gasteiger partial charge in [-0.05, 0) is 23.6 Å². The highest BCUT2D eigenvalue weighted by molar-refractivity contribution is 9.09. The summed E-state index contributed by atoms with van der Waals surface area (Å²) in [5.41, 5.74) is -2.62. The fourth-order valence-electron chi connectivity index (χ4n) is 1.16. The zero-order valence-corrected chi connectivity index (χ0v) is 11.6. The average molecular weight is 365 g/mol. The van der Waals surface area contributed by atoms with E-state index in [1.165, 1.54) is 5.41 Å². The number of benzene rings is 1. The molecule has 0 radical (unpaired) electrons. The Morgan fingerprint density at radius 1 is 0.947 bits per heavy atom. The first-order valence-corrected chi connectivity index (χ1v) is 6.82. The van der Waals surface area contributed by atoms with E-state index in [-0.39, 0.29) is 11.0 Å². The van der Waals surface area contributed by atoms with E-state index in [1.807, 2.05) is 0 Å². The molecule has 0 saturated carbocycles. The molecule has 0 fully saturated rings. The van der Waals surface area contributed by atoms with E-state index in [2.05, 4.69) is 15.9 Å². The average Bonchev–Trinajstić information content (AvgIpc) is 2.27. The second-order valence-electron chi connectivity index (χ2n) is 3.39. The van der Waals surface area contributed by atoms with Crippen molar-refractivity contribution in [2.45, 2.75) is 17.2 Å². The zero-order chi connectivity index (χ0) is 14.7. The fraction of sp³-hybridized carbons (Fsp3) is 0.273. The van der Waals surface area contributed by atoms with Gasteiger partial charge in [0, 0.05) is 10.2 Å². The maximum absolute atomic E-state index is 12.5. The van der Waals surface area contributed by atoms with Gasteiger partial charge in [0.25, 0.3) is 0 Å². The Kier molecular flexibility index (Phi) is 5.37. The van der Waals surface area contributed by atoms with Crippen LogP contribution in [0.4, 0.5) is 26.3 Å². The van der Waals surface area contributed by atoms with Crippen molar-refractivity contribution < 1.29 is 26.3 Å². The molecule has 106 valence electrons. The van der Waals surface area contributed by atoms with Gasteiger partial charge in [0.15, 0.2) is 0 Å². The van der Waals surface area contributed by atoms with Crippen LogP contribution in [0.3, 0.4) is 0 Å². The van der Waals surface area contributed by atoms with Gasteiger partial charge in [0.2, 0.25) is 0 Å². The molecule has 0 aromatic heterocycles. The molecule has 0 aliphatic carbocycles. The summed E-state index contributed by atoms with van der Waals surface area (Å²) >= 11 is 3.85. The summed E-state index contributed by atoms with van der Waals surface area (Å²) in [6, 6.07) is 1.50. The molecule has 0 aliphatic heterocycles. The lowest BCUT2D eigenvalue weighted by Gasteiger charge is -2.13. The number of hydrogen-bond acceptors (Lipinski definition) is 1. The lowest BCUT2D eigenvalue weighted by molar-refractivity contribution is -0.143. The van der Waals surface area contributed by atoms with E-state index < -0.39 is 23.5 Å². The van der Waals surface area contributed by atoms with Crippen molar-refractivity contribution in [1.29, 1.82) is 0 Å². The number of allylic oxidation sites excluding steroid dienone is 1. The van der Waals surface area contributed by atoms with E-state index in [4.69, 9.17) is 0 Å². The molecule has 0 nitrogen and oxygen atoms in total. The molecule has 0 bridgehead atoms. The molecule has 1 aromatic rings. The molecular formula is C11H7BrF6S. The summed E-state index contributed by atoms with van der Waals surface area (Å²) in [7, 11) is 0. The Bertz CT molecular complexity index is 431. The molecule has 0 saturated heterocycles. The van der Waals surface area contributed by atoms with Crippen molar-refractivity contribution in [3.63, 3.8) is 0 Å². The van der Waals surface area contributed by atoms with E-state index >= 15 is 0 Å². The van der Waals surface area contributed by atoms with Crippen LogP contribution in [0.1, 0.15) is 11.1 Å². The van der Waals surface area contributed by atoms with Gasteiger partial charge in [0.1, 0.15) is 0 Å². The highest BCUT2D eigenvalue weighted by Gasteiger charge is 2.36. The van der Waals surface area contributed by atoms with E-state index in [0.717, 1.165) is 11.8 Å². The van der Waals surface area contributed by atoms with Crippen LogP contribution >= 0.6 is 27.7 Å². The molecule has 0 aliphatic rings. The van der Waals surface area contributed by atoms with Crippen molar-refractivity contribution >= 4 is 27.7 Å². The molecule has 0 heterocycles. The third-order valence-electron chi connectivity index (χ3n) is 1.95. The van der Waals surface area contributed by atoms with Crippen LogP contribution in [-0.4, -0.2) is 5.33 Å². The van der Waals surface area contributed by atoms with Gasteiger partial charge in [-0.2, -0.15) is 26.3 Å². The van der Waals surface area contributed by atoms with Crippen molar-refractivity contribution in [2.24, 2.45) is 0 Å². The predicted molar refractivity (Wildman–Crippen MR) is 65.2 cm³/mol. The van der Waals surface area contributed by atoms with Gasteiger partial charge in [0.05, 0.1) is 11.1 Å². The van der Waals surface area contributed by atoms with E-state index in [0.29, 0.717) is 17.5 Å². The maximum Gasteiger partial charge on any atom is 0.416 e. The molecule has 0 spiro atoms. The molecule has 0 atom stereocenters. The topological polar surface area (TPSA) is 0 Å². The van der Waals surface area contributed by atoms with Crippen LogP contribution in [0.15, 0.2) is 34.6 Å². The summed E-state index contributed by atoms with van der Waals surface area (Å²) in [6.07, 6.45) is -8.05. The van der Waals surface area contributed by atoms with Crippen LogP contribution < -0.4 is 0 Å². The first-order chi connectivity index (χ1) is 8.64. The Hall–Kier alpha value is -0.630. The molecule has 0 amide bonds. The Morgan fingerprint density at radius 2 is 1.42 bits per heavy atom. The van der Waals surface area contributed by atoms with Gasteiger partial charge in [-0.3, -0.25) is 0 Å². The lowest BCUT2D eigenvalue weighted by Crippen LogP contribution is -2.10. The van der Waals surface area contributed by atoms with Gasteiger partial charge >= 0.3 is 12.4 Å². The second-order valence-corrected chi connectivity index (χ2v) is 5.01. The fourth-order valence-corrected chi connectivity index (χ4v) is 2.33. The standard InChI is InChI=1S/C11H7BrF6S/c12-2-1-3-19-9-5-7(10(13,14)15)4-8(6-9)11(16,17)18/h1,3-6H,2H2/b3-1+. The quantitative estimate of drug-likeness (QED) is 0.375. The number of halogens is 7. The van der Waals surface area contributed by atoms with Crippen LogP contribution in [0, 0.1) is 0 Å². The normalized spacial score (nSPS) is 13.2. The minimum atomic E-state index is -4.81. The predicted octanol–water partition coefficient (Wildman–Crippen LogP) is 5.72. The SMILES string of the molecule is FC(F)(F)c1cc(S/C=C/CBr)cc(C(F)(F)F)c1. The molecular weight excluding hydrogens is 358 g/mol. The first-order valence-electron chi connectivity index (χ1n) is 4.81. The van der Waals surface area contributed by atoms with Crippen molar-refractivity contribution in [1.82, 2.24) is 0 Å². The smallest absolute Gasteiger partial charge is 0.166 e. The Balaban J connectivity index is 3.21. The molecule has 19 heavy (non-hydrogen) atoms. The first kappa shape index (κ1) is 16.4. The third kappa shape index (κ3) is 5.10. The van der Waals surface area contributed by atoms with Gasteiger partial charge < -0.3 is 0 Å².